The first kappa shape index (κ1) is 22.3. The molecule has 2 saturated heterocycles. The second kappa shape index (κ2) is 9.73. The number of amides is 3. The first-order valence-corrected chi connectivity index (χ1v) is 11.5. The van der Waals surface area contributed by atoms with Gasteiger partial charge in [-0.3, -0.25) is 4.79 Å². The Balaban J connectivity index is 1.48. The Morgan fingerprint density at radius 3 is 2.56 bits per heavy atom. The number of benzene rings is 1. The second-order valence-electron chi connectivity index (χ2n) is 9.01. The molecule has 2 aliphatic heterocycles. The van der Waals surface area contributed by atoms with Crippen LogP contribution >= 0.6 is 0 Å². The van der Waals surface area contributed by atoms with Crippen LogP contribution in [0.4, 0.5) is 4.79 Å². The summed E-state index contributed by atoms with van der Waals surface area (Å²) in [6.45, 7) is 8.82. The maximum absolute atomic E-state index is 13.5. The number of hydrogen-bond donors (Lipinski definition) is 2. The Kier molecular flexibility index (Phi) is 6.79. The number of nitrogens with zero attached hydrogens (tertiary/aromatic N) is 3. The molecule has 0 aliphatic carbocycles. The lowest BCUT2D eigenvalue weighted by atomic mass is 10.0. The first-order chi connectivity index (χ1) is 15.4. The number of rotatable bonds is 5. The van der Waals surface area contributed by atoms with E-state index in [4.69, 9.17) is 4.74 Å². The van der Waals surface area contributed by atoms with E-state index in [0.29, 0.717) is 32.8 Å². The predicted octanol–water partition coefficient (Wildman–Crippen LogP) is 3.12. The van der Waals surface area contributed by atoms with Crippen molar-refractivity contribution in [3.63, 3.8) is 0 Å². The number of likely N-dealkylation sites (tertiary alicyclic amines) is 1. The van der Waals surface area contributed by atoms with E-state index in [9.17, 15) is 9.59 Å². The topological polar surface area (TPSA) is 90.6 Å². The summed E-state index contributed by atoms with van der Waals surface area (Å²) in [5, 5.41) is 2.98. The summed E-state index contributed by atoms with van der Waals surface area (Å²) in [4.78, 5) is 37.9. The Labute approximate surface area is 189 Å². The van der Waals surface area contributed by atoms with Crippen molar-refractivity contribution in [2.75, 3.05) is 32.8 Å². The molecule has 0 saturated carbocycles. The molecule has 172 valence electrons. The fourth-order valence-corrected chi connectivity index (χ4v) is 4.38. The highest BCUT2D eigenvalue weighted by atomic mass is 16.5. The van der Waals surface area contributed by atoms with Crippen LogP contribution < -0.4 is 5.32 Å². The lowest BCUT2D eigenvalue weighted by molar-refractivity contribution is -0.135. The maximum Gasteiger partial charge on any atom is 0.318 e. The third kappa shape index (κ3) is 4.80. The number of urea groups is 1. The Morgan fingerprint density at radius 2 is 1.88 bits per heavy atom. The van der Waals surface area contributed by atoms with Crippen molar-refractivity contribution in [3.8, 4) is 11.3 Å². The van der Waals surface area contributed by atoms with Crippen LogP contribution in [0.1, 0.15) is 44.1 Å². The van der Waals surface area contributed by atoms with E-state index >= 15 is 0 Å². The molecule has 0 bridgehead atoms. The first-order valence-electron chi connectivity index (χ1n) is 11.5. The van der Waals surface area contributed by atoms with Crippen LogP contribution in [-0.4, -0.2) is 70.6 Å². The highest BCUT2D eigenvalue weighted by molar-refractivity contribution is 5.87. The number of aromatic nitrogens is 2. The van der Waals surface area contributed by atoms with Gasteiger partial charge in [-0.15, -0.1) is 0 Å². The molecule has 32 heavy (non-hydrogen) atoms. The van der Waals surface area contributed by atoms with Gasteiger partial charge in [-0.1, -0.05) is 43.7 Å². The number of hydrogen-bond acceptors (Lipinski definition) is 4. The summed E-state index contributed by atoms with van der Waals surface area (Å²) in [6, 6.07) is 7.41. The van der Waals surface area contributed by atoms with Crippen LogP contribution in [0.2, 0.25) is 0 Å². The van der Waals surface area contributed by atoms with E-state index in [0.717, 1.165) is 29.9 Å². The number of aryl methyl sites for hydroxylation is 1. The molecule has 3 amide bonds. The fourth-order valence-electron chi connectivity index (χ4n) is 4.38. The van der Waals surface area contributed by atoms with Gasteiger partial charge in [0.2, 0.25) is 5.91 Å². The Morgan fingerprint density at radius 1 is 1.16 bits per heavy atom. The maximum atomic E-state index is 13.5. The minimum absolute atomic E-state index is 0.0199. The van der Waals surface area contributed by atoms with Crippen molar-refractivity contribution in [1.82, 2.24) is 25.1 Å². The van der Waals surface area contributed by atoms with Gasteiger partial charge in [0.1, 0.15) is 11.9 Å². The zero-order chi connectivity index (χ0) is 22.7. The molecule has 2 aliphatic rings. The van der Waals surface area contributed by atoms with Gasteiger partial charge in [-0.2, -0.15) is 0 Å². The van der Waals surface area contributed by atoms with Gasteiger partial charge in [0.15, 0.2) is 0 Å². The van der Waals surface area contributed by atoms with Crippen molar-refractivity contribution in [3.05, 3.63) is 41.9 Å². The van der Waals surface area contributed by atoms with Gasteiger partial charge in [0, 0.05) is 19.6 Å². The molecule has 2 unspecified atom stereocenters. The van der Waals surface area contributed by atoms with Crippen LogP contribution in [0.25, 0.3) is 11.3 Å². The van der Waals surface area contributed by atoms with Crippen molar-refractivity contribution in [2.24, 2.45) is 5.92 Å². The van der Waals surface area contributed by atoms with Gasteiger partial charge in [-0.05, 0) is 31.2 Å². The van der Waals surface area contributed by atoms with Crippen molar-refractivity contribution < 1.29 is 14.3 Å². The summed E-state index contributed by atoms with van der Waals surface area (Å²) in [7, 11) is 0. The van der Waals surface area contributed by atoms with E-state index in [-0.39, 0.29) is 23.9 Å². The van der Waals surface area contributed by atoms with Crippen LogP contribution in [-0.2, 0) is 9.53 Å². The van der Waals surface area contributed by atoms with E-state index in [2.05, 4.69) is 46.5 Å². The molecule has 8 heteroatoms. The molecule has 0 spiro atoms. The number of imidazole rings is 1. The van der Waals surface area contributed by atoms with Crippen LogP contribution in [0, 0.1) is 12.8 Å². The quantitative estimate of drug-likeness (QED) is 0.749. The number of carbonyl (C=O) groups is 2. The molecule has 2 fully saturated rings. The average Bonchev–Trinajstić information content (AvgIpc) is 3.47. The summed E-state index contributed by atoms with van der Waals surface area (Å²) in [5.41, 5.74) is 3.23. The highest BCUT2D eigenvalue weighted by Crippen LogP contribution is 2.32. The fraction of sp³-hybridized carbons (Fsp3) is 0.542. The molecular formula is C24H33N5O3. The molecule has 2 N–H and O–H groups in total. The third-order valence-corrected chi connectivity index (χ3v) is 6.32. The second-order valence-corrected chi connectivity index (χ2v) is 9.01. The minimum Gasteiger partial charge on any atom is -0.378 e. The van der Waals surface area contributed by atoms with Crippen LogP contribution in [0.3, 0.4) is 0 Å². The van der Waals surface area contributed by atoms with E-state index < -0.39 is 6.04 Å². The SMILES string of the molecule is Cc1ccc(-c2cnc(C3CCCN3C(=O)C(NC(=O)N3CCOCC3)C(C)C)[nH]2)cc1. The van der Waals surface area contributed by atoms with E-state index in [1.165, 1.54) is 5.56 Å². The average molecular weight is 440 g/mol. The minimum atomic E-state index is -0.572. The number of ether oxygens (including phenoxy) is 1. The standard InChI is InChI=1S/C24H33N5O3/c1-16(2)21(27-24(31)28-11-13-32-14-12-28)23(30)29-10-4-5-20(29)22-25-15-19(26-22)18-8-6-17(3)7-9-18/h6-9,15-16,20-21H,4-5,10-14H2,1-3H3,(H,25,26)(H,27,31). The van der Waals surface area contributed by atoms with Gasteiger partial charge < -0.3 is 24.8 Å². The molecule has 2 aromatic rings. The smallest absolute Gasteiger partial charge is 0.318 e. The van der Waals surface area contributed by atoms with Crippen LogP contribution in [0.15, 0.2) is 30.5 Å². The zero-order valence-corrected chi connectivity index (χ0v) is 19.1. The van der Waals surface area contributed by atoms with E-state index in [1.54, 1.807) is 4.90 Å². The van der Waals surface area contributed by atoms with Gasteiger partial charge >= 0.3 is 6.03 Å². The molecule has 3 heterocycles. The lowest BCUT2D eigenvalue weighted by Crippen LogP contribution is -2.55. The third-order valence-electron chi connectivity index (χ3n) is 6.32. The van der Waals surface area contributed by atoms with Gasteiger partial charge in [-0.25, -0.2) is 9.78 Å². The summed E-state index contributed by atoms with van der Waals surface area (Å²) >= 11 is 0. The number of aromatic amines is 1. The summed E-state index contributed by atoms with van der Waals surface area (Å²) < 4.78 is 5.33. The monoisotopic (exact) mass is 439 g/mol. The summed E-state index contributed by atoms with van der Waals surface area (Å²) in [6.07, 6.45) is 3.61. The number of morpholine rings is 1. The number of carbonyl (C=O) groups excluding carboxylic acids is 2. The Bertz CT molecular complexity index is 933. The molecule has 2 atom stereocenters. The number of nitrogens with one attached hydrogen (secondary N) is 2. The Hall–Kier alpha value is -2.87. The molecule has 1 aromatic carbocycles. The normalized spacial score (nSPS) is 19.9. The highest BCUT2D eigenvalue weighted by Gasteiger charge is 2.37. The van der Waals surface area contributed by atoms with Crippen LogP contribution in [0.5, 0.6) is 0 Å². The zero-order valence-electron chi connectivity index (χ0n) is 19.1. The van der Waals surface area contributed by atoms with Gasteiger partial charge in [0.05, 0.1) is 31.1 Å². The molecular weight excluding hydrogens is 406 g/mol. The largest absolute Gasteiger partial charge is 0.378 e. The molecule has 1 aromatic heterocycles. The summed E-state index contributed by atoms with van der Waals surface area (Å²) in [5.74, 6) is 0.735. The van der Waals surface area contributed by atoms with Crippen molar-refractivity contribution in [2.45, 2.75) is 45.7 Å². The molecule has 0 radical (unpaired) electrons. The molecule has 4 rings (SSSR count). The number of H-pyrrole nitrogens is 1. The van der Waals surface area contributed by atoms with Gasteiger partial charge in [0.25, 0.3) is 0 Å². The lowest BCUT2D eigenvalue weighted by Gasteiger charge is -2.33. The predicted molar refractivity (Wildman–Crippen MR) is 122 cm³/mol. The van der Waals surface area contributed by atoms with Crippen molar-refractivity contribution >= 4 is 11.9 Å². The van der Waals surface area contributed by atoms with Crippen molar-refractivity contribution in [1.29, 1.82) is 0 Å². The molecule has 8 nitrogen and oxygen atoms in total. The van der Waals surface area contributed by atoms with E-state index in [1.807, 2.05) is 24.9 Å².